The summed E-state index contributed by atoms with van der Waals surface area (Å²) in [5.74, 6) is 0.247. The van der Waals surface area contributed by atoms with Crippen molar-refractivity contribution in [2.75, 3.05) is 27.4 Å². The topological polar surface area (TPSA) is 73.4 Å². The molecular weight excluding hydrogens is 188 g/mol. The van der Waals surface area contributed by atoms with Gasteiger partial charge in [-0.3, -0.25) is 4.79 Å². The molecule has 6 nitrogen and oxygen atoms in total. The van der Waals surface area contributed by atoms with E-state index in [2.05, 4.69) is 9.97 Å². The van der Waals surface area contributed by atoms with E-state index in [1.165, 1.54) is 13.4 Å². The Morgan fingerprint density at radius 1 is 1.43 bits per heavy atom. The number of nitrogens with zero attached hydrogens (tertiary/aromatic N) is 1. The highest BCUT2D eigenvalue weighted by Gasteiger charge is 2.09. The number of aromatic nitrogens is 2. The Hall–Kier alpha value is -1.56. The van der Waals surface area contributed by atoms with Crippen molar-refractivity contribution < 1.29 is 14.2 Å². The molecule has 0 fully saturated rings. The SMILES string of the molecule is COCCOc1nc[nH]c(=O)c1OC. The van der Waals surface area contributed by atoms with Crippen molar-refractivity contribution in [1.29, 1.82) is 0 Å². The molecule has 0 saturated heterocycles. The molecule has 1 aromatic heterocycles. The van der Waals surface area contributed by atoms with Crippen molar-refractivity contribution in [2.45, 2.75) is 0 Å². The van der Waals surface area contributed by atoms with Gasteiger partial charge in [0, 0.05) is 7.11 Å². The van der Waals surface area contributed by atoms with Crippen LogP contribution in [0.15, 0.2) is 11.1 Å². The van der Waals surface area contributed by atoms with E-state index in [-0.39, 0.29) is 17.2 Å². The second-order valence-corrected chi connectivity index (χ2v) is 2.41. The van der Waals surface area contributed by atoms with Gasteiger partial charge >= 0.3 is 0 Å². The Labute approximate surface area is 80.8 Å². The fourth-order valence-corrected chi connectivity index (χ4v) is 0.875. The fraction of sp³-hybridized carbons (Fsp3) is 0.500. The van der Waals surface area contributed by atoms with Crippen LogP contribution in [0, 0.1) is 0 Å². The molecule has 1 rings (SSSR count). The van der Waals surface area contributed by atoms with Gasteiger partial charge in [-0.05, 0) is 0 Å². The summed E-state index contributed by atoms with van der Waals surface area (Å²) in [5, 5.41) is 0. The van der Waals surface area contributed by atoms with Crippen LogP contribution in [0.4, 0.5) is 0 Å². The van der Waals surface area contributed by atoms with Crippen molar-refractivity contribution in [3.63, 3.8) is 0 Å². The number of ether oxygens (including phenoxy) is 3. The monoisotopic (exact) mass is 200 g/mol. The van der Waals surface area contributed by atoms with E-state index in [4.69, 9.17) is 14.2 Å². The van der Waals surface area contributed by atoms with Crippen LogP contribution in [0.2, 0.25) is 0 Å². The molecule has 0 saturated carbocycles. The molecule has 0 aliphatic rings. The summed E-state index contributed by atoms with van der Waals surface area (Å²) in [5.41, 5.74) is -0.366. The molecule has 0 aliphatic carbocycles. The van der Waals surface area contributed by atoms with Crippen LogP contribution in [-0.4, -0.2) is 37.4 Å². The molecule has 1 heterocycles. The lowest BCUT2D eigenvalue weighted by atomic mass is 10.5. The van der Waals surface area contributed by atoms with E-state index < -0.39 is 0 Å². The van der Waals surface area contributed by atoms with Crippen LogP contribution in [-0.2, 0) is 4.74 Å². The minimum atomic E-state index is -0.366. The summed E-state index contributed by atoms with van der Waals surface area (Å²) in [6, 6.07) is 0. The predicted octanol–water partition coefficient (Wildman–Crippen LogP) is -0.196. The molecular formula is C8H12N2O4. The first kappa shape index (κ1) is 10.5. The van der Waals surface area contributed by atoms with Crippen LogP contribution in [0.3, 0.4) is 0 Å². The summed E-state index contributed by atoms with van der Waals surface area (Å²) >= 11 is 0. The highest BCUT2D eigenvalue weighted by atomic mass is 16.5. The lowest BCUT2D eigenvalue weighted by Gasteiger charge is -2.06. The van der Waals surface area contributed by atoms with E-state index >= 15 is 0 Å². The number of H-pyrrole nitrogens is 1. The van der Waals surface area contributed by atoms with E-state index in [9.17, 15) is 4.79 Å². The van der Waals surface area contributed by atoms with Crippen LogP contribution >= 0.6 is 0 Å². The van der Waals surface area contributed by atoms with Crippen molar-refractivity contribution in [3.8, 4) is 11.6 Å². The van der Waals surface area contributed by atoms with Crippen molar-refractivity contribution in [3.05, 3.63) is 16.7 Å². The normalized spacial score (nSPS) is 9.86. The molecule has 0 radical (unpaired) electrons. The number of aromatic amines is 1. The second kappa shape index (κ2) is 5.23. The maximum Gasteiger partial charge on any atom is 0.297 e. The molecule has 0 amide bonds. The van der Waals surface area contributed by atoms with Crippen molar-refractivity contribution in [2.24, 2.45) is 0 Å². The molecule has 78 valence electrons. The Bertz CT molecular complexity index is 336. The zero-order chi connectivity index (χ0) is 10.4. The highest BCUT2D eigenvalue weighted by Crippen LogP contribution is 2.16. The van der Waals surface area contributed by atoms with Crippen LogP contribution in [0.5, 0.6) is 11.6 Å². The molecule has 1 N–H and O–H groups in total. The third-order valence-corrected chi connectivity index (χ3v) is 1.51. The molecule has 0 aliphatic heterocycles. The lowest BCUT2D eigenvalue weighted by molar-refractivity contribution is 0.141. The van der Waals surface area contributed by atoms with Crippen LogP contribution in [0.1, 0.15) is 0 Å². The average molecular weight is 200 g/mol. The Kier molecular flexibility index (Phi) is 3.93. The van der Waals surface area contributed by atoms with Crippen molar-refractivity contribution >= 4 is 0 Å². The van der Waals surface area contributed by atoms with Gasteiger partial charge < -0.3 is 19.2 Å². The third kappa shape index (κ3) is 2.46. The molecule has 1 aromatic rings. The summed E-state index contributed by atoms with van der Waals surface area (Å²) in [6.45, 7) is 0.751. The largest absolute Gasteiger partial charge is 0.487 e. The maximum absolute atomic E-state index is 11.2. The maximum atomic E-state index is 11.2. The van der Waals surface area contributed by atoms with E-state index in [1.54, 1.807) is 7.11 Å². The molecule has 0 unspecified atom stereocenters. The summed E-state index contributed by atoms with van der Waals surface area (Å²) in [4.78, 5) is 17.4. The first-order valence-electron chi connectivity index (χ1n) is 4.03. The van der Waals surface area contributed by atoms with Gasteiger partial charge in [0.2, 0.25) is 5.75 Å². The minimum absolute atomic E-state index is 0.0728. The Balaban J connectivity index is 2.75. The Morgan fingerprint density at radius 3 is 2.86 bits per heavy atom. The number of hydrogen-bond donors (Lipinski definition) is 1. The number of nitrogens with one attached hydrogen (secondary N) is 1. The summed E-state index contributed by atoms with van der Waals surface area (Å²) in [7, 11) is 2.95. The van der Waals surface area contributed by atoms with Gasteiger partial charge in [-0.25, -0.2) is 4.98 Å². The average Bonchev–Trinajstić information content (AvgIpc) is 2.18. The van der Waals surface area contributed by atoms with E-state index in [0.717, 1.165) is 0 Å². The molecule has 6 heteroatoms. The first-order chi connectivity index (χ1) is 6.79. The fourth-order valence-electron chi connectivity index (χ4n) is 0.875. The van der Waals surface area contributed by atoms with Gasteiger partial charge in [0.15, 0.2) is 0 Å². The van der Waals surface area contributed by atoms with Gasteiger partial charge in [-0.1, -0.05) is 0 Å². The number of hydrogen-bond acceptors (Lipinski definition) is 5. The minimum Gasteiger partial charge on any atom is -0.487 e. The van der Waals surface area contributed by atoms with E-state index in [1.807, 2.05) is 0 Å². The van der Waals surface area contributed by atoms with Crippen LogP contribution in [0.25, 0.3) is 0 Å². The van der Waals surface area contributed by atoms with Crippen LogP contribution < -0.4 is 15.0 Å². The predicted molar refractivity (Wildman–Crippen MR) is 48.8 cm³/mol. The third-order valence-electron chi connectivity index (χ3n) is 1.51. The van der Waals surface area contributed by atoms with Crippen molar-refractivity contribution in [1.82, 2.24) is 9.97 Å². The number of rotatable bonds is 5. The van der Waals surface area contributed by atoms with Gasteiger partial charge in [0.05, 0.1) is 20.0 Å². The first-order valence-corrected chi connectivity index (χ1v) is 4.03. The lowest BCUT2D eigenvalue weighted by Crippen LogP contribution is -2.14. The Morgan fingerprint density at radius 2 is 2.21 bits per heavy atom. The standard InChI is InChI=1S/C8H12N2O4/c1-12-3-4-14-8-6(13-2)7(11)9-5-10-8/h5H,3-4H2,1-2H3,(H,9,10,11). The highest BCUT2D eigenvalue weighted by molar-refractivity contribution is 5.29. The van der Waals surface area contributed by atoms with Gasteiger partial charge in [0.25, 0.3) is 11.4 Å². The molecule has 0 atom stereocenters. The van der Waals surface area contributed by atoms with E-state index in [0.29, 0.717) is 13.2 Å². The summed E-state index contributed by atoms with van der Waals surface area (Å²) < 4.78 is 14.8. The molecule has 0 aromatic carbocycles. The summed E-state index contributed by atoms with van der Waals surface area (Å²) in [6.07, 6.45) is 1.26. The quantitative estimate of drug-likeness (QED) is 0.666. The van der Waals surface area contributed by atoms with Gasteiger partial charge in [-0.2, -0.15) is 0 Å². The molecule has 14 heavy (non-hydrogen) atoms. The number of methoxy groups -OCH3 is 2. The smallest absolute Gasteiger partial charge is 0.297 e. The van der Waals surface area contributed by atoms with Gasteiger partial charge in [-0.15, -0.1) is 0 Å². The molecule has 0 bridgehead atoms. The molecule has 0 spiro atoms. The zero-order valence-electron chi connectivity index (χ0n) is 8.07. The zero-order valence-corrected chi connectivity index (χ0v) is 8.07. The van der Waals surface area contributed by atoms with Gasteiger partial charge in [0.1, 0.15) is 6.61 Å². The second-order valence-electron chi connectivity index (χ2n) is 2.41.